The zero-order valence-electron chi connectivity index (χ0n) is 5.34. The fraction of sp³-hybridized carbons (Fsp3) is 0.500. The molecule has 2 unspecified atom stereocenters. The minimum absolute atomic E-state index is 0.544. The summed E-state index contributed by atoms with van der Waals surface area (Å²) in [4.78, 5) is 0. The number of hydrogen-bond donors (Lipinski definition) is 0. The van der Waals surface area contributed by atoms with Gasteiger partial charge in [-0.15, -0.1) is 0 Å². The Bertz CT molecular complexity index is 169. The normalized spacial score (nSPS) is 38.9. The van der Waals surface area contributed by atoms with Crippen LogP contribution in [-0.2, 0) is 4.74 Å². The minimum atomic E-state index is 0.544. The molecule has 0 amide bonds. The maximum Gasteiger partial charge on any atom is 0.0885 e. The molecule has 9 heavy (non-hydrogen) atoms. The van der Waals surface area contributed by atoms with Crippen LogP contribution in [-0.4, -0.2) is 12.2 Å². The molecule has 2 aliphatic rings. The first-order chi connectivity index (χ1) is 4.40. The van der Waals surface area contributed by atoms with E-state index in [0.717, 1.165) is 12.8 Å². The lowest BCUT2D eigenvalue weighted by Crippen LogP contribution is -1.99. The highest BCUT2D eigenvalue weighted by Crippen LogP contribution is 2.35. The third-order valence-corrected chi connectivity index (χ3v) is 2.00. The lowest BCUT2D eigenvalue weighted by atomic mass is 10.0. The van der Waals surface area contributed by atoms with Crippen molar-refractivity contribution in [1.82, 2.24) is 0 Å². The molecule has 1 aliphatic carbocycles. The monoisotopic (exact) mass is 122 g/mol. The highest BCUT2D eigenvalue weighted by Gasteiger charge is 2.39. The lowest BCUT2D eigenvalue weighted by Gasteiger charge is -2.01. The van der Waals surface area contributed by atoms with Crippen LogP contribution in [0.25, 0.3) is 0 Å². The second-order valence-electron chi connectivity index (χ2n) is 2.64. The van der Waals surface area contributed by atoms with E-state index in [9.17, 15) is 0 Å². The van der Waals surface area contributed by atoms with Crippen LogP contribution in [0.3, 0.4) is 0 Å². The van der Waals surface area contributed by atoms with E-state index in [0.29, 0.717) is 12.2 Å². The highest BCUT2D eigenvalue weighted by atomic mass is 16.6. The van der Waals surface area contributed by atoms with E-state index < -0.39 is 0 Å². The van der Waals surface area contributed by atoms with Crippen LogP contribution >= 0.6 is 0 Å². The number of allylic oxidation sites excluding steroid dienone is 1. The molecule has 0 N–H and O–H groups in total. The van der Waals surface area contributed by atoms with Gasteiger partial charge in [-0.1, -0.05) is 18.7 Å². The zero-order chi connectivity index (χ0) is 6.27. The molecular formula is C8H10O. The maximum absolute atomic E-state index is 5.31. The van der Waals surface area contributed by atoms with Gasteiger partial charge in [0.25, 0.3) is 0 Å². The second-order valence-corrected chi connectivity index (χ2v) is 2.64. The molecular weight excluding hydrogens is 112 g/mol. The molecule has 0 spiro atoms. The third-order valence-electron chi connectivity index (χ3n) is 2.00. The van der Waals surface area contributed by atoms with Gasteiger partial charge in [0.05, 0.1) is 12.2 Å². The quantitative estimate of drug-likeness (QED) is 0.482. The van der Waals surface area contributed by atoms with Gasteiger partial charge >= 0.3 is 0 Å². The Balaban J connectivity index is 2.09. The molecule has 2 rings (SSSR count). The van der Waals surface area contributed by atoms with Crippen LogP contribution in [0.5, 0.6) is 0 Å². The summed E-state index contributed by atoms with van der Waals surface area (Å²) in [7, 11) is 0. The highest BCUT2D eigenvalue weighted by molar-refractivity contribution is 5.23. The Kier molecular flexibility index (Phi) is 0.995. The van der Waals surface area contributed by atoms with Gasteiger partial charge in [-0.3, -0.25) is 0 Å². The number of fused-ring (bicyclic) bond motifs is 1. The van der Waals surface area contributed by atoms with Crippen molar-refractivity contribution in [3.8, 4) is 0 Å². The lowest BCUT2D eigenvalue weighted by molar-refractivity contribution is 0.375. The molecule has 1 aliphatic heterocycles. The van der Waals surface area contributed by atoms with Crippen molar-refractivity contribution in [2.75, 3.05) is 0 Å². The molecule has 1 heteroatoms. The fourth-order valence-corrected chi connectivity index (χ4v) is 1.32. The van der Waals surface area contributed by atoms with E-state index in [1.807, 2.05) is 6.08 Å². The Morgan fingerprint density at radius 2 is 2.56 bits per heavy atom. The van der Waals surface area contributed by atoms with Crippen LogP contribution in [0.15, 0.2) is 24.3 Å². The van der Waals surface area contributed by atoms with Crippen LogP contribution in [0.2, 0.25) is 0 Å². The molecule has 0 aromatic rings. The topological polar surface area (TPSA) is 12.5 Å². The van der Waals surface area contributed by atoms with Gasteiger partial charge in [0.1, 0.15) is 0 Å². The Morgan fingerprint density at radius 3 is 3.22 bits per heavy atom. The number of rotatable bonds is 1. The van der Waals surface area contributed by atoms with Gasteiger partial charge in [-0.05, 0) is 12.0 Å². The molecule has 0 radical (unpaired) electrons. The smallest absolute Gasteiger partial charge is 0.0885 e. The first kappa shape index (κ1) is 5.24. The fourth-order valence-electron chi connectivity index (χ4n) is 1.32. The zero-order valence-corrected chi connectivity index (χ0v) is 5.34. The number of epoxide rings is 1. The molecule has 0 aromatic heterocycles. The maximum atomic E-state index is 5.31. The van der Waals surface area contributed by atoms with Crippen LogP contribution < -0.4 is 0 Å². The molecule has 1 saturated heterocycles. The predicted octanol–water partition coefficient (Wildman–Crippen LogP) is 1.66. The standard InChI is InChI=1S/C8H10O/c1-2-6-3-4-7-8(5-6)9-7/h2-3,7-8H,1,4-5H2. The van der Waals surface area contributed by atoms with Gasteiger partial charge in [-0.2, -0.15) is 0 Å². The molecule has 48 valence electrons. The van der Waals surface area contributed by atoms with Crippen molar-refractivity contribution in [3.63, 3.8) is 0 Å². The van der Waals surface area contributed by atoms with E-state index in [2.05, 4.69) is 12.7 Å². The molecule has 2 atom stereocenters. The van der Waals surface area contributed by atoms with Gasteiger partial charge in [0.15, 0.2) is 0 Å². The summed E-state index contributed by atoms with van der Waals surface area (Å²) in [5.74, 6) is 0. The van der Waals surface area contributed by atoms with E-state index in [1.165, 1.54) is 5.57 Å². The molecule has 0 aromatic carbocycles. The van der Waals surface area contributed by atoms with E-state index in [1.54, 1.807) is 0 Å². The van der Waals surface area contributed by atoms with Crippen molar-refractivity contribution in [2.24, 2.45) is 0 Å². The van der Waals surface area contributed by atoms with Gasteiger partial charge < -0.3 is 4.74 Å². The third kappa shape index (κ3) is 0.815. The van der Waals surface area contributed by atoms with Gasteiger partial charge in [-0.25, -0.2) is 0 Å². The summed E-state index contributed by atoms with van der Waals surface area (Å²) in [5.41, 5.74) is 1.36. The Morgan fingerprint density at radius 1 is 1.67 bits per heavy atom. The summed E-state index contributed by atoms with van der Waals surface area (Å²) < 4.78 is 5.31. The van der Waals surface area contributed by atoms with E-state index in [4.69, 9.17) is 4.74 Å². The summed E-state index contributed by atoms with van der Waals surface area (Å²) in [6, 6.07) is 0. The number of ether oxygens (including phenoxy) is 1. The van der Waals surface area contributed by atoms with E-state index >= 15 is 0 Å². The Hall–Kier alpha value is -0.560. The van der Waals surface area contributed by atoms with Crippen molar-refractivity contribution in [3.05, 3.63) is 24.3 Å². The molecule has 1 heterocycles. The molecule has 0 bridgehead atoms. The molecule has 0 saturated carbocycles. The minimum Gasteiger partial charge on any atom is -0.369 e. The SMILES string of the molecule is C=CC1=CCC2OC2C1. The number of hydrogen-bond acceptors (Lipinski definition) is 1. The summed E-state index contributed by atoms with van der Waals surface area (Å²) in [6.45, 7) is 3.71. The summed E-state index contributed by atoms with van der Waals surface area (Å²) in [6.07, 6.45) is 7.45. The largest absolute Gasteiger partial charge is 0.369 e. The van der Waals surface area contributed by atoms with Crippen molar-refractivity contribution < 1.29 is 4.74 Å². The van der Waals surface area contributed by atoms with Crippen molar-refractivity contribution in [2.45, 2.75) is 25.0 Å². The van der Waals surface area contributed by atoms with Gasteiger partial charge in [0, 0.05) is 6.42 Å². The average molecular weight is 122 g/mol. The van der Waals surface area contributed by atoms with E-state index in [-0.39, 0.29) is 0 Å². The van der Waals surface area contributed by atoms with Crippen LogP contribution in [0.4, 0.5) is 0 Å². The summed E-state index contributed by atoms with van der Waals surface area (Å²) in [5, 5.41) is 0. The summed E-state index contributed by atoms with van der Waals surface area (Å²) >= 11 is 0. The van der Waals surface area contributed by atoms with Crippen molar-refractivity contribution >= 4 is 0 Å². The van der Waals surface area contributed by atoms with Crippen LogP contribution in [0.1, 0.15) is 12.8 Å². The predicted molar refractivity (Wildman–Crippen MR) is 36.2 cm³/mol. The van der Waals surface area contributed by atoms with Gasteiger partial charge in [0.2, 0.25) is 0 Å². The van der Waals surface area contributed by atoms with Crippen molar-refractivity contribution in [1.29, 1.82) is 0 Å². The first-order valence-electron chi connectivity index (χ1n) is 3.37. The van der Waals surface area contributed by atoms with Crippen LogP contribution in [0, 0.1) is 0 Å². The first-order valence-corrected chi connectivity index (χ1v) is 3.37. The average Bonchev–Trinajstić information content (AvgIpc) is 2.64. The molecule has 1 nitrogen and oxygen atoms in total. The Labute approximate surface area is 55.0 Å². The second kappa shape index (κ2) is 1.71. The molecule has 1 fully saturated rings.